The first kappa shape index (κ1) is 19.0. The SMILES string of the molecule is OC1C=C(N2CCOCC2)NC(Cc2nc3c(Cl)cc(C(F)(F)F)cc3[nH]2)=N1. The molecule has 0 saturated carbocycles. The molecule has 0 spiro atoms. The number of aromatic nitrogens is 2. The van der Waals surface area contributed by atoms with Crippen molar-refractivity contribution in [3.63, 3.8) is 0 Å². The van der Waals surface area contributed by atoms with Gasteiger partial charge in [-0.05, 0) is 12.1 Å². The van der Waals surface area contributed by atoms with E-state index < -0.39 is 18.0 Å². The Kier molecular flexibility index (Phi) is 4.94. The highest BCUT2D eigenvalue weighted by atomic mass is 35.5. The highest BCUT2D eigenvalue weighted by Crippen LogP contribution is 2.34. The average molecular weight is 416 g/mol. The lowest BCUT2D eigenvalue weighted by molar-refractivity contribution is -0.137. The molecule has 150 valence electrons. The minimum Gasteiger partial charge on any atom is -0.378 e. The van der Waals surface area contributed by atoms with Crippen LogP contribution in [0.5, 0.6) is 0 Å². The van der Waals surface area contributed by atoms with E-state index in [9.17, 15) is 18.3 Å². The third-order valence-electron chi connectivity index (χ3n) is 4.47. The van der Waals surface area contributed by atoms with E-state index in [0.29, 0.717) is 43.8 Å². The molecule has 1 saturated heterocycles. The molecule has 4 rings (SSSR count). The highest BCUT2D eigenvalue weighted by Gasteiger charge is 2.32. The number of nitrogens with zero attached hydrogens (tertiary/aromatic N) is 3. The second-order valence-corrected chi connectivity index (χ2v) is 6.89. The first-order valence-corrected chi connectivity index (χ1v) is 8.99. The Balaban J connectivity index is 1.55. The zero-order valence-electron chi connectivity index (χ0n) is 14.6. The van der Waals surface area contributed by atoms with Gasteiger partial charge in [-0.1, -0.05) is 11.6 Å². The van der Waals surface area contributed by atoms with Gasteiger partial charge in [0.05, 0.1) is 35.7 Å². The fourth-order valence-corrected chi connectivity index (χ4v) is 3.43. The monoisotopic (exact) mass is 415 g/mol. The zero-order chi connectivity index (χ0) is 19.9. The number of halogens is 4. The molecule has 1 aromatic heterocycles. The van der Waals surface area contributed by atoms with Crippen molar-refractivity contribution in [1.82, 2.24) is 20.2 Å². The number of aliphatic hydroxyl groups excluding tert-OH is 1. The molecule has 1 unspecified atom stereocenters. The molecule has 0 amide bonds. The van der Waals surface area contributed by atoms with Crippen LogP contribution < -0.4 is 5.32 Å². The van der Waals surface area contributed by atoms with E-state index in [1.54, 1.807) is 6.08 Å². The maximum Gasteiger partial charge on any atom is 0.416 e. The van der Waals surface area contributed by atoms with Crippen LogP contribution in [0, 0.1) is 0 Å². The number of nitrogens with one attached hydrogen (secondary N) is 2. The van der Waals surface area contributed by atoms with Crippen LogP contribution in [-0.2, 0) is 17.3 Å². The average Bonchev–Trinajstić information content (AvgIpc) is 3.04. The van der Waals surface area contributed by atoms with Gasteiger partial charge in [0.1, 0.15) is 23.0 Å². The van der Waals surface area contributed by atoms with Crippen LogP contribution in [0.2, 0.25) is 5.02 Å². The molecular weight excluding hydrogens is 399 g/mol. The van der Waals surface area contributed by atoms with Crippen LogP contribution in [0.1, 0.15) is 11.4 Å². The topological polar surface area (TPSA) is 85.8 Å². The Bertz CT molecular complexity index is 950. The van der Waals surface area contributed by atoms with Gasteiger partial charge in [-0.25, -0.2) is 9.98 Å². The fourth-order valence-electron chi connectivity index (χ4n) is 3.17. The van der Waals surface area contributed by atoms with Gasteiger partial charge >= 0.3 is 6.18 Å². The van der Waals surface area contributed by atoms with E-state index in [1.165, 1.54) is 0 Å². The van der Waals surface area contributed by atoms with Crippen molar-refractivity contribution in [1.29, 1.82) is 0 Å². The predicted molar refractivity (Wildman–Crippen MR) is 96.9 cm³/mol. The van der Waals surface area contributed by atoms with E-state index in [2.05, 4.69) is 20.3 Å². The summed E-state index contributed by atoms with van der Waals surface area (Å²) in [5, 5.41) is 13.1. The van der Waals surface area contributed by atoms with Crippen LogP contribution in [0.15, 0.2) is 29.0 Å². The van der Waals surface area contributed by atoms with Crippen molar-refractivity contribution >= 4 is 28.5 Å². The first-order valence-electron chi connectivity index (χ1n) is 8.61. The number of amidine groups is 1. The molecule has 11 heteroatoms. The lowest BCUT2D eigenvalue weighted by atomic mass is 10.2. The number of imidazole rings is 1. The first-order chi connectivity index (χ1) is 13.3. The molecule has 0 aliphatic carbocycles. The largest absolute Gasteiger partial charge is 0.416 e. The van der Waals surface area contributed by atoms with Gasteiger partial charge in [-0.15, -0.1) is 0 Å². The quantitative estimate of drug-likeness (QED) is 0.716. The third-order valence-corrected chi connectivity index (χ3v) is 4.76. The summed E-state index contributed by atoms with van der Waals surface area (Å²) in [6.07, 6.45) is -3.75. The van der Waals surface area contributed by atoms with E-state index in [4.69, 9.17) is 16.3 Å². The van der Waals surface area contributed by atoms with E-state index >= 15 is 0 Å². The molecule has 1 aromatic carbocycles. The molecule has 1 atom stereocenters. The molecule has 0 bridgehead atoms. The van der Waals surface area contributed by atoms with Gasteiger partial charge in [0.2, 0.25) is 0 Å². The van der Waals surface area contributed by atoms with Gasteiger partial charge in [0, 0.05) is 19.2 Å². The number of rotatable bonds is 3. The van der Waals surface area contributed by atoms with Crippen molar-refractivity contribution in [2.45, 2.75) is 18.8 Å². The van der Waals surface area contributed by atoms with E-state index in [0.717, 1.165) is 12.1 Å². The molecule has 7 nitrogen and oxygen atoms in total. The molecule has 0 radical (unpaired) electrons. The number of alkyl halides is 3. The molecule has 1 fully saturated rings. The maximum atomic E-state index is 13.0. The summed E-state index contributed by atoms with van der Waals surface area (Å²) in [5.41, 5.74) is -0.400. The summed E-state index contributed by atoms with van der Waals surface area (Å²) < 4.78 is 44.2. The lowest BCUT2D eigenvalue weighted by Gasteiger charge is -2.33. The van der Waals surface area contributed by atoms with Crippen LogP contribution >= 0.6 is 11.6 Å². The van der Waals surface area contributed by atoms with E-state index in [-0.39, 0.29) is 22.5 Å². The van der Waals surface area contributed by atoms with Gasteiger partial charge in [0.15, 0.2) is 6.23 Å². The van der Waals surface area contributed by atoms with Crippen LogP contribution in [0.3, 0.4) is 0 Å². The molecule has 3 heterocycles. The van der Waals surface area contributed by atoms with Crippen molar-refractivity contribution in [3.05, 3.63) is 40.4 Å². The standard InChI is InChI=1S/C17H17ClF3N5O2/c18-10-5-9(17(19,20)21)6-11-16(10)25-12(22-11)7-13-23-14(8-15(27)24-13)26-1-3-28-4-2-26/h5-6,8,15,27H,1-4,7H2,(H,22,25)(H,23,24). The minimum absolute atomic E-state index is 0.0835. The number of hydrogen-bond acceptors (Lipinski definition) is 6. The molecule has 28 heavy (non-hydrogen) atoms. The number of aliphatic imine (C=N–C) groups is 1. The third kappa shape index (κ3) is 3.94. The summed E-state index contributed by atoms with van der Waals surface area (Å²) in [4.78, 5) is 13.3. The van der Waals surface area contributed by atoms with Crippen LogP contribution in [0.4, 0.5) is 13.2 Å². The molecule has 2 aromatic rings. The number of morpholine rings is 1. The number of H-pyrrole nitrogens is 1. The van der Waals surface area contributed by atoms with Crippen molar-refractivity contribution in [2.24, 2.45) is 4.99 Å². The van der Waals surface area contributed by atoms with Crippen molar-refractivity contribution in [2.75, 3.05) is 26.3 Å². The normalized spacial score (nSPS) is 20.8. The number of aliphatic hydroxyl groups is 1. The number of benzene rings is 1. The second-order valence-electron chi connectivity index (χ2n) is 6.48. The fraction of sp³-hybridized carbons (Fsp3) is 0.412. The summed E-state index contributed by atoms with van der Waals surface area (Å²) in [5.74, 6) is 1.55. The van der Waals surface area contributed by atoms with Crippen LogP contribution in [0.25, 0.3) is 11.0 Å². The summed E-state index contributed by atoms with van der Waals surface area (Å²) in [6.45, 7) is 2.54. The maximum absolute atomic E-state index is 13.0. The van der Waals surface area contributed by atoms with E-state index in [1.807, 2.05) is 4.90 Å². The molecular formula is C17H17ClF3N5O2. The number of aromatic amines is 1. The lowest BCUT2D eigenvalue weighted by Crippen LogP contribution is -2.44. The molecule has 2 aliphatic rings. The van der Waals surface area contributed by atoms with Gasteiger partial charge in [-0.2, -0.15) is 13.2 Å². The Morgan fingerprint density at radius 3 is 2.75 bits per heavy atom. The molecule has 3 N–H and O–H groups in total. The van der Waals surface area contributed by atoms with Gasteiger partial charge in [-0.3, -0.25) is 0 Å². The smallest absolute Gasteiger partial charge is 0.378 e. The summed E-state index contributed by atoms with van der Waals surface area (Å²) in [6, 6.07) is 1.83. The zero-order valence-corrected chi connectivity index (χ0v) is 15.3. The van der Waals surface area contributed by atoms with Crippen molar-refractivity contribution < 1.29 is 23.0 Å². The van der Waals surface area contributed by atoms with Crippen LogP contribution in [-0.4, -0.2) is 58.3 Å². The predicted octanol–water partition coefficient (Wildman–Crippen LogP) is 2.27. The summed E-state index contributed by atoms with van der Waals surface area (Å²) in [7, 11) is 0. The van der Waals surface area contributed by atoms with Crippen molar-refractivity contribution in [3.8, 4) is 0 Å². The Morgan fingerprint density at radius 2 is 2.04 bits per heavy atom. The molecule has 2 aliphatic heterocycles. The number of ether oxygens (including phenoxy) is 1. The highest BCUT2D eigenvalue weighted by molar-refractivity contribution is 6.35. The Hall–Kier alpha value is -2.30. The van der Waals surface area contributed by atoms with Gasteiger partial charge < -0.3 is 25.0 Å². The Labute approximate surface area is 162 Å². The number of hydrogen-bond donors (Lipinski definition) is 3. The minimum atomic E-state index is -4.50. The van der Waals surface area contributed by atoms with Gasteiger partial charge in [0.25, 0.3) is 0 Å². The number of fused-ring (bicyclic) bond motifs is 1. The second kappa shape index (κ2) is 7.26. The summed E-state index contributed by atoms with van der Waals surface area (Å²) >= 11 is 5.98. The Morgan fingerprint density at radius 1 is 1.29 bits per heavy atom.